The largest absolute Gasteiger partial charge is 0.493 e. The van der Waals surface area contributed by atoms with Crippen molar-refractivity contribution in [3.63, 3.8) is 0 Å². The van der Waals surface area contributed by atoms with Crippen LogP contribution in [0.5, 0.6) is 11.5 Å². The average Bonchev–Trinajstić information content (AvgIpc) is 3.35. The summed E-state index contributed by atoms with van der Waals surface area (Å²) in [4.78, 5) is 2.51. The van der Waals surface area contributed by atoms with Crippen LogP contribution >= 0.6 is 11.3 Å². The predicted octanol–water partition coefficient (Wildman–Crippen LogP) is 2.88. The number of likely N-dealkylation sites (tertiary alicyclic amines) is 1. The summed E-state index contributed by atoms with van der Waals surface area (Å²) in [6, 6.07) is 6.73. The van der Waals surface area contributed by atoms with Crippen molar-refractivity contribution >= 4 is 21.4 Å². The Morgan fingerprint density at radius 3 is 2.50 bits per heavy atom. The Balaban J connectivity index is 1.77. The van der Waals surface area contributed by atoms with Gasteiger partial charge in [-0.25, -0.2) is 13.1 Å². The van der Waals surface area contributed by atoms with Gasteiger partial charge in [0.2, 0.25) is 10.0 Å². The molecule has 26 heavy (non-hydrogen) atoms. The molecule has 8 heteroatoms. The molecular formula is C18H24N2O4S2. The van der Waals surface area contributed by atoms with Gasteiger partial charge in [0.05, 0.1) is 19.1 Å². The molecule has 0 radical (unpaired) electrons. The van der Waals surface area contributed by atoms with Crippen molar-refractivity contribution in [1.29, 1.82) is 0 Å². The molecule has 1 atom stereocenters. The van der Waals surface area contributed by atoms with Gasteiger partial charge in [-0.2, -0.15) is 11.3 Å². The van der Waals surface area contributed by atoms with Crippen LogP contribution in [-0.2, 0) is 10.0 Å². The molecule has 1 fully saturated rings. The van der Waals surface area contributed by atoms with E-state index in [1.807, 2.05) is 5.38 Å². The minimum atomic E-state index is -3.64. The molecule has 1 N–H and O–H groups in total. The Kier molecular flexibility index (Phi) is 6.18. The SMILES string of the molecule is COc1ccc(S(=O)(=O)NC[C@@H](c2ccsc2)N2CCCC2)cc1OC. The van der Waals surface area contributed by atoms with E-state index in [9.17, 15) is 8.42 Å². The summed E-state index contributed by atoms with van der Waals surface area (Å²) in [6.07, 6.45) is 2.31. The molecule has 0 amide bonds. The third-order valence-electron chi connectivity index (χ3n) is 4.64. The number of benzene rings is 1. The number of thiophene rings is 1. The second kappa shape index (κ2) is 8.39. The molecule has 6 nitrogen and oxygen atoms in total. The van der Waals surface area contributed by atoms with Crippen LogP contribution in [0.1, 0.15) is 24.4 Å². The van der Waals surface area contributed by atoms with Gasteiger partial charge in [-0.15, -0.1) is 0 Å². The van der Waals surface area contributed by atoms with E-state index in [0.717, 1.165) is 31.5 Å². The molecule has 1 aliphatic heterocycles. The highest BCUT2D eigenvalue weighted by molar-refractivity contribution is 7.89. The predicted molar refractivity (Wildman–Crippen MR) is 103 cm³/mol. The summed E-state index contributed by atoms with van der Waals surface area (Å²) in [5.74, 6) is 0.893. The van der Waals surface area contributed by atoms with Gasteiger partial charge < -0.3 is 9.47 Å². The Hall–Kier alpha value is -1.61. The van der Waals surface area contributed by atoms with Crippen molar-refractivity contribution in [1.82, 2.24) is 9.62 Å². The molecule has 142 valence electrons. The average molecular weight is 397 g/mol. The zero-order valence-corrected chi connectivity index (χ0v) is 16.6. The van der Waals surface area contributed by atoms with Crippen molar-refractivity contribution in [2.24, 2.45) is 0 Å². The van der Waals surface area contributed by atoms with Gasteiger partial charge in [0.25, 0.3) is 0 Å². The lowest BCUT2D eigenvalue weighted by molar-refractivity contribution is 0.247. The fourth-order valence-electron chi connectivity index (χ4n) is 3.23. The Labute approximate surface area is 158 Å². The monoisotopic (exact) mass is 396 g/mol. The maximum atomic E-state index is 12.8. The molecule has 2 aromatic rings. The molecule has 0 unspecified atom stereocenters. The molecule has 0 bridgehead atoms. The first-order valence-corrected chi connectivity index (χ1v) is 11.0. The highest BCUT2D eigenvalue weighted by Crippen LogP contribution is 2.30. The van der Waals surface area contributed by atoms with Crippen molar-refractivity contribution < 1.29 is 17.9 Å². The van der Waals surface area contributed by atoms with Gasteiger partial charge in [-0.3, -0.25) is 4.90 Å². The summed E-state index contributed by atoms with van der Waals surface area (Å²) < 4.78 is 38.7. The van der Waals surface area contributed by atoms with Crippen LogP contribution in [0.2, 0.25) is 0 Å². The highest BCUT2D eigenvalue weighted by Gasteiger charge is 2.26. The van der Waals surface area contributed by atoms with E-state index >= 15 is 0 Å². The summed E-state index contributed by atoms with van der Waals surface area (Å²) in [5.41, 5.74) is 1.16. The third-order valence-corrected chi connectivity index (χ3v) is 6.76. The molecule has 2 heterocycles. The second-order valence-electron chi connectivity index (χ2n) is 6.18. The summed E-state index contributed by atoms with van der Waals surface area (Å²) >= 11 is 1.63. The standard InChI is InChI=1S/C18H24N2O4S2/c1-23-17-6-5-15(11-18(17)24-2)26(21,22)19-12-16(14-7-10-25-13-14)20-8-3-4-9-20/h5-7,10-11,13,16,19H,3-4,8-9,12H2,1-2H3/t16-/m0/s1. The van der Waals surface area contributed by atoms with E-state index in [-0.39, 0.29) is 10.9 Å². The third kappa shape index (κ3) is 4.20. The molecule has 1 saturated heterocycles. The molecule has 3 rings (SSSR count). The number of nitrogens with one attached hydrogen (secondary N) is 1. The highest BCUT2D eigenvalue weighted by atomic mass is 32.2. The number of rotatable bonds is 8. The summed E-state index contributed by atoms with van der Waals surface area (Å²) in [7, 11) is -0.635. The number of hydrogen-bond acceptors (Lipinski definition) is 6. The maximum absolute atomic E-state index is 12.8. The number of sulfonamides is 1. The topological polar surface area (TPSA) is 67.9 Å². The van der Waals surface area contributed by atoms with Gasteiger partial charge in [-0.1, -0.05) is 0 Å². The number of ether oxygens (including phenoxy) is 2. The molecule has 1 aliphatic rings. The van der Waals surface area contributed by atoms with Gasteiger partial charge >= 0.3 is 0 Å². The molecule has 0 saturated carbocycles. The summed E-state index contributed by atoms with van der Waals surface area (Å²) in [6.45, 7) is 2.34. The molecular weight excluding hydrogens is 372 g/mol. The van der Waals surface area contributed by atoms with E-state index in [4.69, 9.17) is 9.47 Å². The fraction of sp³-hybridized carbons (Fsp3) is 0.444. The molecule has 1 aromatic carbocycles. The van der Waals surface area contributed by atoms with Crippen molar-refractivity contribution in [2.75, 3.05) is 33.9 Å². The zero-order valence-electron chi connectivity index (χ0n) is 15.0. The van der Waals surface area contributed by atoms with E-state index in [1.54, 1.807) is 17.4 Å². The fourth-order valence-corrected chi connectivity index (χ4v) is 4.99. The number of nitrogens with zero attached hydrogens (tertiary/aromatic N) is 1. The van der Waals surface area contributed by atoms with Gasteiger partial charge in [0.1, 0.15) is 0 Å². The number of methoxy groups -OCH3 is 2. The van der Waals surface area contributed by atoms with Crippen LogP contribution in [-0.4, -0.2) is 47.2 Å². The Morgan fingerprint density at radius 1 is 1.15 bits per heavy atom. The van der Waals surface area contributed by atoms with Gasteiger partial charge in [-0.05, 0) is 60.5 Å². The minimum Gasteiger partial charge on any atom is -0.493 e. The van der Waals surface area contributed by atoms with Crippen LogP contribution in [0.3, 0.4) is 0 Å². The van der Waals surface area contributed by atoms with E-state index in [1.165, 1.54) is 26.4 Å². The van der Waals surface area contributed by atoms with E-state index in [0.29, 0.717) is 18.0 Å². The van der Waals surface area contributed by atoms with Crippen LogP contribution in [0.25, 0.3) is 0 Å². The van der Waals surface area contributed by atoms with Crippen LogP contribution in [0.15, 0.2) is 39.9 Å². The van der Waals surface area contributed by atoms with Crippen molar-refractivity contribution in [2.45, 2.75) is 23.8 Å². The lowest BCUT2D eigenvalue weighted by Gasteiger charge is -2.27. The Morgan fingerprint density at radius 2 is 1.88 bits per heavy atom. The van der Waals surface area contributed by atoms with Gasteiger partial charge in [0, 0.05) is 18.7 Å². The van der Waals surface area contributed by atoms with E-state index in [2.05, 4.69) is 21.1 Å². The lowest BCUT2D eigenvalue weighted by Crippen LogP contribution is -2.36. The molecule has 0 aliphatic carbocycles. The Bertz CT molecular complexity index is 816. The number of hydrogen-bond donors (Lipinski definition) is 1. The van der Waals surface area contributed by atoms with E-state index < -0.39 is 10.0 Å². The maximum Gasteiger partial charge on any atom is 0.240 e. The molecule has 0 spiro atoms. The normalized spacial score (nSPS) is 16.5. The van der Waals surface area contributed by atoms with Crippen LogP contribution in [0, 0.1) is 0 Å². The van der Waals surface area contributed by atoms with Gasteiger partial charge in [0.15, 0.2) is 11.5 Å². The van der Waals surface area contributed by atoms with Crippen molar-refractivity contribution in [3.8, 4) is 11.5 Å². The molecule has 1 aromatic heterocycles. The minimum absolute atomic E-state index is 0.0543. The lowest BCUT2D eigenvalue weighted by atomic mass is 10.1. The first-order valence-electron chi connectivity index (χ1n) is 8.53. The zero-order chi connectivity index (χ0) is 18.6. The van der Waals surface area contributed by atoms with Crippen molar-refractivity contribution in [3.05, 3.63) is 40.6 Å². The van der Waals surface area contributed by atoms with Crippen LogP contribution in [0.4, 0.5) is 0 Å². The first-order chi connectivity index (χ1) is 12.5. The smallest absolute Gasteiger partial charge is 0.240 e. The second-order valence-corrected chi connectivity index (χ2v) is 8.73. The van der Waals surface area contributed by atoms with Crippen LogP contribution < -0.4 is 14.2 Å². The first kappa shape index (κ1) is 19.2. The quantitative estimate of drug-likeness (QED) is 0.743. The summed E-state index contributed by atoms with van der Waals surface area (Å²) in [5, 5.41) is 4.12.